The lowest BCUT2D eigenvalue weighted by atomic mass is 10.1. The van der Waals surface area contributed by atoms with Crippen molar-refractivity contribution in [3.8, 4) is 5.75 Å². The fraction of sp³-hybridized carbons (Fsp3) is 0.364. The zero-order valence-electron chi connectivity index (χ0n) is 16.6. The van der Waals surface area contributed by atoms with Gasteiger partial charge in [0.1, 0.15) is 18.0 Å². The van der Waals surface area contributed by atoms with E-state index < -0.39 is 0 Å². The second-order valence-electron chi connectivity index (χ2n) is 7.61. The Bertz CT molecular complexity index is 962. The van der Waals surface area contributed by atoms with Crippen molar-refractivity contribution in [2.24, 2.45) is 0 Å². The molecule has 2 fully saturated rings. The Balaban J connectivity index is 0.00000128. The van der Waals surface area contributed by atoms with E-state index in [0.29, 0.717) is 30.0 Å². The van der Waals surface area contributed by atoms with Gasteiger partial charge in [0.05, 0.1) is 5.69 Å². The molecule has 2 saturated heterocycles. The number of nitrogens with one attached hydrogen (secondary N) is 1. The number of imidazole rings is 1. The molecule has 0 saturated carbocycles. The maximum atomic E-state index is 13.2. The number of pyridine rings is 1. The summed E-state index contributed by atoms with van der Waals surface area (Å²) in [5.74, 6) is 0.817. The SMILES string of the molecule is Cl.Cl.O=C(c1cccc(OCc2cn3ccccc3n2)c1)N1C2CCNCC1CC2. The normalized spacial score (nSPS) is 20.2. The molecule has 2 aromatic heterocycles. The van der Waals surface area contributed by atoms with E-state index >= 15 is 0 Å². The molecule has 2 aliphatic heterocycles. The van der Waals surface area contributed by atoms with Gasteiger partial charge in [-0.25, -0.2) is 4.98 Å². The summed E-state index contributed by atoms with van der Waals surface area (Å²) < 4.78 is 7.91. The van der Waals surface area contributed by atoms with Crippen LogP contribution in [0.15, 0.2) is 54.9 Å². The van der Waals surface area contributed by atoms with Crippen LogP contribution in [0.25, 0.3) is 5.65 Å². The van der Waals surface area contributed by atoms with E-state index in [-0.39, 0.29) is 30.7 Å². The van der Waals surface area contributed by atoms with Crippen molar-refractivity contribution in [3.05, 3.63) is 66.1 Å². The Labute approximate surface area is 188 Å². The molecule has 4 heterocycles. The van der Waals surface area contributed by atoms with E-state index in [9.17, 15) is 4.79 Å². The predicted octanol–water partition coefficient (Wildman–Crippen LogP) is 3.72. The number of halogens is 2. The first-order valence-corrected chi connectivity index (χ1v) is 9.97. The molecule has 2 atom stereocenters. The Kier molecular flexibility index (Phi) is 7.23. The molecular formula is C22H26Cl2N4O2. The van der Waals surface area contributed by atoms with Crippen LogP contribution in [0, 0.1) is 0 Å². The lowest BCUT2D eigenvalue weighted by Gasteiger charge is -2.28. The highest BCUT2D eigenvalue weighted by atomic mass is 35.5. The van der Waals surface area contributed by atoms with Crippen molar-refractivity contribution in [2.75, 3.05) is 13.1 Å². The number of hydrogen-bond donors (Lipinski definition) is 1. The molecule has 8 heteroatoms. The summed E-state index contributed by atoms with van der Waals surface area (Å²) in [5.41, 5.74) is 2.46. The first-order valence-electron chi connectivity index (χ1n) is 9.97. The molecule has 6 nitrogen and oxygen atoms in total. The number of carbonyl (C=O) groups excluding carboxylic acids is 1. The van der Waals surface area contributed by atoms with Gasteiger partial charge in [-0.1, -0.05) is 12.1 Å². The predicted molar refractivity (Wildman–Crippen MR) is 121 cm³/mol. The third-order valence-electron chi connectivity index (χ3n) is 5.77. The molecule has 0 spiro atoms. The third kappa shape index (κ3) is 4.41. The number of nitrogens with zero attached hydrogens (tertiary/aromatic N) is 3. The Morgan fingerprint density at radius 3 is 2.83 bits per heavy atom. The molecule has 3 aromatic rings. The summed E-state index contributed by atoms with van der Waals surface area (Å²) in [5, 5.41) is 3.45. The molecule has 5 rings (SSSR count). The van der Waals surface area contributed by atoms with Crippen LogP contribution >= 0.6 is 24.8 Å². The Hall–Kier alpha value is -2.28. The van der Waals surface area contributed by atoms with Gasteiger partial charge in [0.2, 0.25) is 0 Å². The maximum absolute atomic E-state index is 13.2. The summed E-state index contributed by atoms with van der Waals surface area (Å²) in [7, 11) is 0. The van der Waals surface area contributed by atoms with Gasteiger partial charge < -0.3 is 19.4 Å². The van der Waals surface area contributed by atoms with Crippen LogP contribution in [0.3, 0.4) is 0 Å². The minimum Gasteiger partial charge on any atom is -0.487 e. The van der Waals surface area contributed by atoms with Crippen LogP contribution < -0.4 is 10.1 Å². The quantitative estimate of drug-likeness (QED) is 0.660. The highest BCUT2D eigenvalue weighted by Gasteiger charge is 2.38. The number of benzene rings is 1. The summed E-state index contributed by atoms with van der Waals surface area (Å²) >= 11 is 0. The van der Waals surface area contributed by atoms with Crippen LogP contribution in [0.2, 0.25) is 0 Å². The Morgan fingerprint density at radius 1 is 1.10 bits per heavy atom. The number of fused-ring (bicyclic) bond motifs is 3. The number of rotatable bonds is 4. The summed E-state index contributed by atoms with van der Waals surface area (Å²) in [4.78, 5) is 19.8. The molecule has 1 N–H and O–H groups in total. The Morgan fingerprint density at radius 2 is 1.97 bits per heavy atom. The number of amides is 1. The fourth-order valence-electron chi connectivity index (χ4n) is 4.40. The second-order valence-corrected chi connectivity index (χ2v) is 7.61. The fourth-order valence-corrected chi connectivity index (χ4v) is 4.40. The van der Waals surface area contributed by atoms with Gasteiger partial charge in [-0.3, -0.25) is 4.79 Å². The highest BCUT2D eigenvalue weighted by Crippen LogP contribution is 2.30. The molecule has 30 heavy (non-hydrogen) atoms. The highest BCUT2D eigenvalue weighted by molar-refractivity contribution is 5.95. The first-order chi connectivity index (χ1) is 13.8. The van der Waals surface area contributed by atoms with E-state index in [1.807, 2.05) is 59.3 Å². The van der Waals surface area contributed by atoms with Gasteiger partial charge in [-0.15, -0.1) is 24.8 Å². The number of ether oxygens (including phenoxy) is 1. The van der Waals surface area contributed by atoms with Crippen molar-refractivity contribution >= 4 is 36.4 Å². The zero-order chi connectivity index (χ0) is 18.9. The van der Waals surface area contributed by atoms with Gasteiger partial charge in [0.25, 0.3) is 5.91 Å². The summed E-state index contributed by atoms with van der Waals surface area (Å²) in [6.07, 6.45) is 7.17. The molecule has 1 aromatic carbocycles. The molecule has 2 bridgehead atoms. The monoisotopic (exact) mass is 448 g/mol. The topological polar surface area (TPSA) is 58.9 Å². The lowest BCUT2D eigenvalue weighted by Crippen LogP contribution is -2.42. The molecule has 2 aliphatic rings. The standard InChI is InChI=1S/C22H24N4O2.2ClH/c27-22(26-18-7-8-19(26)13-23-10-9-18)16-4-3-5-20(12-16)28-15-17-14-25-11-2-1-6-21(25)24-17;;/h1-6,11-12,14,18-19,23H,7-10,13,15H2;2*1H. The van der Waals surface area contributed by atoms with Gasteiger partial charge in [0.15, 0.2) is 0 Å². The second kappa shape index (κ2) is 9.69. The molecule has 2 unspecified atom stereocenters. The van der Waals surface area contributed by atoms with Crippen molar-refractivity contribution in [1.82, 2.24) is 19.6 Å². The van der Waals surface area contributed by atoms with Crippen molar-refractivity contribution in [1.29, 1.82) is 0 Å². The summed E-state index contributed by atoms with van der Waals surface area (Å²) in [6.45, 7) is 2.26. The van der Waals surface area contributed by atoms with Gasteiger partial charge in [-0.2, -0.15) is 0 Å². The third-order valence-corrected chi connectivity index (χ3v) is 5.77. The maximum Gasteiger partial charge on any atom is 0.254 e. The van der Waals surface area contributed by atoms with E-state index in [4.69, 9.17) is 4.74 Å². The van der Waals surface area contributed by atoms with Gasteiger partial charge in [-0.05, 0) is 56.1 Å². The average molecular weight is 449 g/mol. The lowest BCUT2D eigenvalue weighted by molar-refractivity contribution is 0.0680. The van der Waals surface area contributed by atoms with E-state index in [1.165, 1.54) is 0 Å². The van der Waals surface area contributed by atoms with Crippen molar-refractivity contribution < 1.29 is 9.53 Å². The van der Waals surface area contributed by atoms with Gasteiger partial charge in [0, 0.05) is 36.6 Å². The number of aromatic nitrogens is 2. The van der Waals surface area contributed by atoms with E-state index in [1.54, 1.807) is 0 Å². The van der Waals surface area contributed by atoms with E-state index in [2.05, 4.69) is 15.2 Å². The van der Waals surface area contributed by atoms with Crippen molar-refractivity contribution in [3.63, 3.8) is 0 Å². The van der Waals surface area contributed by atoms with Crippen LogP contribution in [-0.4, -0.2) is 45.4 Å². The molecule has 1 amide bonds. The number of carbonyl (C=O) groups is 1. The molecule has 0 aliphatic carbocycles. The smallest absolute Gasteiger partial charge is 0.254 e. The summed E-state index contributed by atoms with van der Waals surface area (Å²) in [6, 6.07) is 14.1. The van der Waals surface area contributed by atoms with Crippen LogP contribution in [0.5, 0.6) is 5.75 Å². The largest absolute Gasteiger partial charge is 0.487 e. The van der Waals surface area contributed by atoms with Crippen LogP contribution in [0.1, 0.15) is 35.3 Å². The van der Waals surface area contributed by atoms with Crippen molar-refractivity contribution in [2.45, 2.75) is 38.0 Å². The molecular weight excluding hydrogens is 423 g/mol. The molecule has 0 radical (unpaired) electrons. The number of hydrogen-bond acceptors (Lipinski definition) is 4. The van der Waals surface area contributed by atoms with Crippen LogP contribution in [0.4, 0.5) is 0 Å². The first kappa shape index (κ1) is 22.4. The minimum absolute atomic E-state index is 0. The zero-order valence-corrected chi connectivity index (χ0v) is 18.2. The van der Waals surface area contributed by atoms with Crippen LogP contribution in [-0.2, 0) is 6.61 Å². The average Bonchev–Trinajstić information content (AvgIpc) is 3.25. The minimum atomic E-state index is 0. The van der Waals surface area contributed by atoms with E-state index in [0.717, 1.165) is 43.7 Å². The molecule has 160 valence electrons. The van der Waals surface area contributed by atoms with Gasteiger partial charge >= 0.3 is 0 Å².